The van der Waals surface area contributed by atoms with Crippen molar-refractivity contribution in [1.82, 2.24) is 10.2 Å². The van der Waals surface area contributed by atoms with Crippen molar-refractivity contribution in [2.45, 2.75) is 78.0 Å². The summed E-state index contributed by atoms with van der Waals surface area (Å²) in [5, 5.41) is 3.43. The highest BCUT2D eigenvalue weighted by atomic mass is 16.3. The number of nitrogens with one attached hydrogen (secondary N) is 1. The molecular weight excluding hydrogens is 248 g/mol. The van der Waals surface area contributed by atoms with Crippen LogP contribution in [0.25, 0.3) is 0 Å². The second-order valence-corrected chi connectivity index (χ2v) is 6.31. The average Bonchev–Trinajstić information content (AvgIpc) is 2.91. The fourth-order valence-corrected chi connectivity index (χ4v) is 3.07. The molecule has 1 aliphatic rings. The lowest BCUT2D eigenvalue weighted by molar-refractivity contribution is 0.145. The van der Waals surface area contributed by atoms with Gasteiger partial charge in [0.2, 0.25) is 0 Å². The standard InChI is InChI=1S/C17H30N2O/c1-4-19(16-8-6-5-7-9-16)12-17-10-15(13-20-17)11-18-14(2)3/h10,13-14,16,18H,4-9,11-12H2,1-3H3. The molecule has 0 radical (unpaired) electrons. The van der Waals surface area contributed by atoms with Gasteiger partial charge in [-0.05, 0) is 25.5 Å². The van der Waals surface area contributed by atoms with Crippen LogP contribution >= 0.6 is 0 Å². The number of hydrogen-bond donors (Lipinski definition) is 1. The van der Waals surface area contributed by atoms with Crippen molar-refractivity contribution in [2.75, 3.05) is 6.54 Å². The molecule has 3 heteroatoms. The van der Waals surface area contributed by atoms with Crippen molar-refractivity contribution < 1.29 is 4.42 Å². The Hall–Kier alpha value is -0.800. The van der Waals surface area contributed by atoms with Gasteiger partial charge < -0.3 is 9.73 Å². The van der Waals surface area contributed by atoms with E-state index in [1.165, 1.54) is 37.7 Å². The van der Waals surface area contributed by atoms with E-state index >= 15 is 0 Å². The molecule has 0 amide bonds. The van der Waals surface area contributed by atoms with Gasteiger partial charge in [-0.2, -0.15) is 0 Å². The molecule has 0 unspecified atom stereocenters. The number of rotatable bonds is 7. The smallest absolute Gasteiger partial charge is 0.118 e. The van der Waals surface area contributed by atoms with Crippen molar-refractivity contribution in [3.05, 3.63) is 23.7 Å². The molecule has 3 nitrogen and oxygen atoms in total. The van der Waals surface area contributed by atoms with Crippen molar-refractivity contribution >= 4 is 0 Å². The van der Waals surface area contributed by atoms with Crippen LogP contribution in [0.5, 0.6) is 0 Å². The zero-order chi connectivity index (χ0) is 14.4. The van der Waals surface area contributed by atoms with Gasteiger partial charge in [-0.15, -0.1) is 0 Å². The highest BCUT2D eigenvalue weighted by Gasteiger charge is 2.20. The summed E-state index contributed by atoms with van der Waals surface area (Å²) in [4.78, 5) is 2.58. The average molecular weight is 278 g/mol. The van der Waals surface area contributed by atoms with Crippen LogP contribution in [0.3, 0.4) is 0 Å². The third-order valence-corrected chi connectivity index (χ3v) is 4.28. The summed E-state index contributed by atoms with van der Waals surface area (Å²) in [6, 6.07) is 3.49. The quantitative estimate of drug-likeness (QED) is 0.819. The summed E-state index contributed by atoms with van der Waals surface area (Å²) in [7, 11) is 0. The third kappa shape index (κ3) is 4.64. The molecule has 0 saturated heterocycles. The largest absolute Gasteiger partial charge is 0.468 e. The number of nitrogens with zero attached hydrogens (tertiary/aromatic N) is 1. The van der Waals surface area contributed by atoms with Gasteiger partial charge in [0.05, 0.1) is 12.8 Å². The van der Waals surface area contributed by atoms with Gasteiger partial charge >= 0.3 is 0 Å². The Morgan fingerprint density at radius 3 is 2.70 bits per heavy atom. The van der Waals surface area contributed by atoms with E-state index in [1.807, 2.05) is 6.26 Å². The van der Waals surface area contributed by atoms with Crippen LogP contribution in [-0.4, -0.2) is 23.5 Å². The SMILES string of the molecule is CCN(Cc1cc(CNC(C)C)co1)C1CCCCC1. The minimum Gasteiger partial charge on any atom is -0.468 e. The Kier molecular flexibility index (Phi) is 6.11. The van der Waals surface area contributed by atoms with Crippen LogP contribution in [0.2, 0.25) is 0 Å². The molecule has 1 aliphatic carbocycles. The lowest BCUT2D eigenvalue weighted by Gasteiger charge is -2.32. The van der Waals surface area contributed by atoms with Gasteiger partial charge in [-0.1, -0.05) is 40.0 Å². The molecular formula is C17H30N2O. The minimum atomic E-state index is 0.516. The fraction of sp³-hybridized carbons (Fsp3) is 0.765. The lowest BCUT2D eigenvalue weighted by atomic mass is 9.94. The van der Waals surface area contributed by atoms with E-state index in [0.717, 1.165) is 31.4 Å². The zero-order valence-corrected chi connectivity index (χ0v) is 13.3. The van der Waals surface area contributed by atoms with E-state index < -0.39 is 0 Å². The Bertz CT molecular complexity index is 380. The van der Waals surface area contributed by atoms with Gasteiger partial charge in [0, 0.05) is 24.2 Å². The van der Waals surface area contributed by atoms with Crippen molar-refractivity contribution in [3.8, 4) is 0 Å². The molecule has 20 heavy (non-hydrogen) atoms. The molecule has 114 valence electrons. The van der Waals surface area contributed by atoms with E-state index in [-0.39, 0.29) is 0 Å². The molecule has 0 atom stereocenters. The van der Waals surface area contributed by atoms with E-state index in [0.29, 0.717) is 6.04 Å². The van der Waals surface area contributed by atoms with Crippen LogP contribution < -0.4 is 5.32 Å². The maximum absolute atomic E-state index is 5.74. The molecule has 1 aromatic rings. The topological polar surface area (TPSA) is 28.4 Å². The van der Waals surface area contributed by atoms with Crippen LogP contribution in [0.4, 0.5) is 0 Å². The molecule has 1 heterocycles. The number of furan rings is 1. The number of hydrogen-bond acceptors (Lipinski definition) is 3. The van der Waals surface area contributed by atoms with E-state index in [4.69, 9.17) is 4.42 Å². The highest BCUT2D eigenvalue weighted by Crippen LogP contribution is 2.24. The predicted molar refractivity (Wildman–Crippen MR) is 83.6 cm³/mol. The first-order valence-corrected chi connectivity index (χ1v) is 8.22. The predicted octanol–water partition coefficient (Wildman–Crippen LogP) is 3.93. The first kappa shape index (κ1) is 15.6. The highest BCUT2D eigenvalue weighted by molar-refractivity contribution is 5.12. The van der Waals surface area contributed by atoms with Gasteiger partial charge in [0.25, 0.3) is 0 Å². The first-order chi connectivity index (χ1) is 9.69. The van der Waals surface area contributed by atoms with Crippen LogP contribution in [0.15, 0.2) is 16.7 Å². The van der Waals surface area contributed by atoms with Crippen LogP contribution in [-0.2, 0) is 13.1 Å². The summed E-state index contributed by atoms with van der Waals surface area (Å²) in [6.45, 7) is 9.58. The monoisotopic (exact) mass is 278 g/mol. The summed E-state index contributed by atoms with van der Waals surface area (Å²) in [6.07, 6.45) is 8.82. The van der Waals surface area contributed by atoms with Gasteiger partial charge in [0.1, 0.15) is 5.76 Å². The van der Waals surface area contributed by atoms with E-state index in [2.05, 4.69) is 37.1 Å². The van der Waals surface area contributed by atoms with Gasteiger partial charge in [0.15, 0.2) is 0 Å². The third-order valence-electron chi connectivity index (χ3n) is 4.28. The second-order valence-electron chi connectivity index (χ2n) is 6.31. The van der Waals surface area contributed by atoms with Crippen molar-refractivity contribution in [2.24, 2.45) is 0 Å². The molecule has 0 aliphatic heterocycles. The summed E-state index contributed by atoms with van der Waals surface area (Å²) < 4.78 is 5.74. The fourth-order valence-electron chi connectivity index (χ4n) is 3.07. The zero-order valence-electron chi connectivity index (χ0n) is 13.3. The molecule has 1 fully saturated rings. The molecule has 1 aromatic heterocycles. The molecule has 1 N–H and O–H groups in total. The summed E-state index contributed by atoms with van der Waals surface area (Å²) >= 11 is 0. The molecule has 2 rings (SSSR count). The maximum Gasteiger partial charge on any atom is 0.118 e. The molecule has 0 bridgehead atoms. The Labute approximate surface area is 123 Å². The Balaban J connectivity index is 1.87. The van der Waals surface area contributed by atoms with Crippen molar-refractivity contribution in [3.63, 3.8) is 0 Å². The normalized spacial score (nSPS) is 17.2. The summed E-state index contributed by atoms with van der Waals surface area (Å²) in [5.41, 5.74) is 1.26. The second kappa shape index (κ2) is 7.84. The van der Waals surface area contributed by atoms with Crippen LogP contribution in [0.1, 0.15) is 64.2 Å². The van der Waals surface area contributed by atoms with Gasteiger partial charge in [-0.3, -0.25) is 4.90 Å². The Morgan fingerprint density at radius 2 is 2.05 bits per heavy atom. The first-order valence-electron chi connectivity index (χ1n) is 8.22. The lowest BCUT2D eigenvalue weighted by Crippen LogP contribution is -2.35. The molecule has 0 spiro atoms. The molecule has 1 saturated carbocycles. The van der Waals surface area contributed by atoms with E-state index in [9.17, 15) is 0 Å². The summed E-state index contributed by atoms with van der Waals surface area (Å²) in [5.74, 6) is 1.11. The van der Waals surface area contributed by atoms with Crippen molar-refractivity contribution in [1.29, 1.82) is 0 Å². The minimum absolute atomic E-state index is 0.516. The molecule has 0 aromatic carbocycles. The van der Waals surface area contributed by atoms with E-state index in [1.54, 1.807) is 0 Å². The maximum atomic E-state index is 5.74. The van der Waals surface area contributed by atoms with Crippen LogP contribution in [0, 0.1) is 0 Å². The van der Waals surface area contributed by atoms with Gasteiger partial charge in [-0.25, -0.2) is 0 Å². The Morgan fingerprint density at radius 1 is 1.30 bits per heavy atom.